The number of rotatable bonds is 6. The number of nitrogens with zero attached hydrogens (tertiary/aromatic N) is 2. The monoisotopic (exact) mass is 322 g/mol. The first-order valence-electron chi connectivity index (χ1n) is 7.18. The second kappa shape index (κ2) is 7.53. The van der Waals surface area contributed by atoms with Gasteiger partial charge < -0.3 is 9.84 Å². The summed E-state index contributed by atoms with van der Waals surface area (Å²) >= 11 is 0. The van der Waals surface area contributed by atoms with E-state index in [-0.39, 0.29) is 13.0 Å². The van der Waals surface area contributed by atoms with Crippen molar-refractivity contribution in [2.24, 2.45) is 5.92 Å². The van der Waals surface area contributed by atoms with E-state index in [1.807, 2.05) is 0 Å². The van der Waals surface area contributed by atoms with E-state index < -0.39 is 28.3 Å². The molecule has 0 bridgehead atoms. The molecule has 1 aliphatic rings. The van der Waals surface area contributed by atoms with Crippen LogP contribution in [0.4, 0.5) is 0 Å². The molecule has 8 heteroatoms. The molecule has 1 heterocycles. The van der Waals surface area contributed by atoms with Gasteiger partial charge in [0.15, 0.2) is 0 Å². The highest BCUT2D eigenvalue weighted by Gasteiger charge is 2.39. The van der Waals surface area contributed by atoms with Gasteiger partial charge in [0, 0.05) is 20.1 Å². The summed E-state index contributed by atoms with van der Waals surface area (Å²) in [5.41, 5.74) is 0. The fourth-order valence-electron chi connectivity index (χ4n) is 2.53. The topological polar surface area (TPSA) is 87.2 Å². The predicted molar refractivity (Wildman–Crippen MR) is 78.8 cm³/mol. The van der Waals surface area contributed by atoms with Crippen LogP contribution in [-0.4, -0.2) is 67.5 Å². The van der Waals surface area contributed by atoms with E-state index in [0.717, 1.165) is 10.7 Å². The van der Waals surface area contributed by atoms with Gasteiger partial charge in [-0.1, -0.05) is 6.92 Å². The highest BCUT2D eigenvalue weighted by Crippen LogP contribution is 2.28. The summed E-state index contributed by atoms with van der Waals surface area (Å²) in [7, 11) is -0.975. The highest BCUT2D eigenvalue weighted by atomic mass is 32.2. The van der Waals surface area contributed by atoms with Gasteiger partial charge >= 0.3 is 5.97 Å². The molecule has 3 atom stereocenters. The van der Waals surface area contributed by atoms with Crippen molar-refractivity contribution in [2.45, 2.75) is 45.3 Å². The number of carbonyl (C=O) groups is 1. The van der Waals surface area contributed by atoms with Crippen molar-refractivity contribution in [3.8, 4) is 0 Å². The Morgan fingerprint density at radius 2 is 2.14 bits per heavy atom. The Hall–Kier alpha value is -0.700. The Morgan fingerprint density at radius 3 is 2.67 bits per heavy atom. The van der Waals surface area contributed by atoms with Gasteiger partial charge in [0.05, 0.1) is 25.7 Å². The molecule has 1 aliphatic heterocycles. The Balaban J connectivity index is 2.81. The summed E-state index contributed by atoms with van der Waals surface area (Å²) in [6.45, 7) is 4.12. The first-order chi connectivity index (χ1) is 9.70. The molecule has 0 aliphatic carbocycles. The van der Waals surface area contributed by atoms with E-state index in [2.05, 4.69) is 11.7 Å². The van der Waals surface area contributed by atoms with Gasteiger partial charge in [-0.25, -0.2) is 0 Å². The fourth-order valence-corrected chi connectivity index (χ4v) is 4.15. The second-order valence-electron chi connectivity index (χ2n) is 5.70. The fraction of sp³-hybridized carbons (Fsp3) is 0.923. The zero-order chi connectivity index (χ0) is 16.2. The highest BCUT2D eigenvalue weighted by molar-refractivity contribution is 7.86. The molecule has 0 unspecified atom stereocenters. The predicted octanol–water partition coefficient (Wildman–Crippen LogP) is 0.207. The van der Waals surface area contributed by atoms with Crippen LogP contribution in [0.15, 0.2) is 0 Å². The lowest BCUT2D eigenvalue weighted by molar-refractivity contribution is -0.140. The molecule has 1 fully saturated rings. The van der Waals surface area contributed by atoms with Crippen LogP contribution < -0.4 is 0 Å². The largest absolute Gasteiger partial charge is 0.469 e. The van der Waals surface area contributed by atoms with E-state index in [1.165, 1.54) is 18.5 Å². The molecular formula is C13H26N2O5S. The quantitative estimate of drug-likeness (QED) is 0.706. The normalized spacial score (nSPS) is 25.8. The summed E-state index contributed by atoms with van der Waals surface area (Å²) < 4.78 is 32.2. The summed E-state index contributed by atoms with van der Waals surface area (Å²) in [5, 5.41) is 9.87. The summed E-state index contributed by atoms with van der Waals surface area (Å²) in [6, 6.07) is -0.417. The number of aliphatic hydroxyl groups excluding tert-OH is 1. The van der Waals surface area contributed by atoms with Gasteiger partial charge in [0.2, 0.25) is 0 Å². The Kier molecular flexibility index (Phi) is 6.58. The Bertz CT molecular complexity index is 451. The van der Waals surface area contributed by atoms with E-state index in [0.29, 0.717) is 18.9 Å². The van der Waals surface area contributed by atoms with Gasteiger partial charge in [-0.15, -0.1) is 0 Å². The van der Waals surface area contributed by atoms with Crippen LogP contribution >= 0.6 is 0 Å². The Labute approximate surface area is 127 Å². The number of methoxy groups -OCH3 is 1. The van der Waals surface area contributed by atoms with E-state index >= 15 is 0 Å². The van der Waals surface area contributed by atoms with E-state index in [9.17, 15) is 18.3 Å². The first-order valence-corrected chi connectivity index (χ1v) is 8.57. The molecule has 0 amide bonds. The van der Waals surface area contributed by atoms with Crippen molar-refractivity contribution < 1.29 is 23.1 Å². The summed E-state index contributed by atoms with van der Waals surface area (Å²) in [5.74, 6) is -0.0622. The third-order valence-electron chi connectivity index (χ3n) is 3.96. The lowest BCUT2D eigenvalue weighted by atomic mass is 9.92. The smallest absolute Gasteiger partial charge is 0.306 e. The minimum atomic E-state index is -3.68. The van der Waals surface area contributed by atoms with Crippen LogP contribution in [0.3, 0.4) is 0 Å². The summed E-state index contributed by atoms with van der Waals surface area (Å²) in [4.78, 5) is 11.1. The molecule has 7 nitrogen and oxygen atoms in total. The number of ether oxygens (including phenoxy) is 1. The maximum absolute atomic E-state index is 12.6. The van der Waals surface area contributed by atoms with Crippen LogP contribution in [-0.2, 0) is 19.7 Å². The standard InChI is InChI=1S/C13H26N2O5S/c1-10-5-8-15(12(9-10)11(2)16)21(18,19)14(3)7-6-13(17)20-4/h10-12,16H,5-9H2,1-4H3/t10-,11+,12+/m0/s1. The molecule has 1 saturated heterocycles. The average Bonchev–Trinajstić information content (AvgIpc) is 2.43. The molecule has 0 radical (unpaired) electrons. The average molecular weight is 322 g/mol. The van der Waals surface area contributed by atoms with Crippen molar-refractivity contribution >= 4 is 16.2 Å². The van der Waals surface area contributed by atoms with E-state index in [1.54, 1.807) is 6.92 Å². The van der Waals surface area contributed by atoms with Crippen LogP contribution in [0.5, 0.6) is 0 Å². The molecule has 0 saturated carbocycles. The molecule has 21 heavy (non-hydrogen) atoms. The van der Waals surface area contributed by atoms with Crippen molar-refractivity contribution in [3.63, 3.8) is 0 Å². The molecule has 0 spiro atoms. The number of hydrogen-bond acceptors (Lipinski definition) is 5. The van der Waals surface area contributed by atoms with Crippen molar-refractivity contribution in [1.82, 2.24) is 8.61 Å². The van der Waals surface area contributed by atoms with E-state index in [4.69, 9.17) is 0 Å². The molecule has 1 N–H and O–H groups in total. The van der Waals surface area contributed by atoms with Crippen LogP contribution in [0.2, 0.25) is 0 Å². The number of carbonyl (C=O) groups excluding carboxylic acids is 1. The lowest BCUT2D eigenvalue weighted by Crippen LogP contribution is -2.54. The SMILES string of the molecule is COC(=O)CCN(C)S(=O)(=O)N1CC[C@H](C)C[C@@H]1[C@@H](C)O. The second-order valence-corrected chi connectivity index (χ2v) is 7.69. The van der Waals surface area contributed by atoms with Crippen molar-refractivity contribution in [1.29, 1.82) is 0 Å². The molecule has 124 valence electrons. The molecule has 0 aromatic carbocycles. The molecule has 0 aromatic heterocycles. The third kappa shape index (κ3) is 4.64. The zero-order valence-corrected chi connectivity index (χ0v) is 14.0. The van der Waals surface area contributed by atoms with Gasteiger partial charge in [-0.3, -0.25) is 4.79 Å². The minimum Gasteiger partial charge on any atom is -0.469 e. The first kappa shape index (κ1) is 18.3. The minimum absolute atomic E-state index is 0.00974. The van der Waals surface area contributed by atoms with Crippen LogP contribution in [0, 0.1) is 5.92 Å². The number of piperidine rings is 1. The number of hydrogen-bond donors (Lipinski definition) is 1. The number of aliphatic hydroxyl groups is 1. The van der Waals surface area contributed by atoms with Crippen molar-refractivity contribution in [2.75, 3.05) is 27.2 Å². The van der Waals surface area contributed by atoms with Gasteiger partial charge in [0.1, 0.15) is 0 Å². The number of esters is 1. The molecular weight excluding hydrogens is 296 g/mol. The maximum atomic E-state index is 12.6. The Morgan fingerprint density at radius 1 is 1.52 bits per heavy atom. The van der Waals surface area contributed by atoms with Crippen LogP contribution in [0.25, 0.3) is 0 Å². The van der Waals surface area contributed by atoms with Gasteiger partial charge in [-0.2, -0.15) is 17.0 Å². The van der Waals surface area contributed by atoms with Crippen LogP contribution in [0.1, 0.15) is 33.1 Å². The maximum Gasteiger partial charge on any atom is 0.306 e. The third-order valence-corrected chi connectivity index (χ3v) is 5.98. The van der Waals surface area contributed by atoms with Gasteiger partial charge in [0.25, 0.3) is 10.2 Å². The zero-order valence-electron chi connectivity index (χ0n) is 13.2. The van der Waals surface area contributed by atoms with Gasteiger partial charge in [-0.05, 0) is 25.7 Å². The molecule has 1 rings (SSSR count). The molecule has 0 aromatic rings. The lowest BCUT2D eigenvalue weighted by Gasteiger charge is -2.40. The summed E-state index contributed by atoms with van der Waals surface area (Å²) in [6.07, 6.45) is 0.696. The van der Waals surface area contributed by atoms with Crippen molar-refractivity contribution in [3.05, 3.63) is 0 Å².